The molecule has 1 aromatic carbocycles. The molecule has 4 nitrogen and oxygen atoms in total. The maximum atomic E-state index is 10.7. The zero-order valence-electron chi connectivity index (χ0n) is 10.2. The smallest absolute Gasteiger partial charge is 0.350 e. The highest BCUT2D eigenvalue weighted by Crippen LogP contribution is 2.08. The van der Waals surface area contributed by atoms with Crippen LogP contribution in [0.4, 0.5) is 0 Å². The summed E-state index contributed by atoms with van der Waals surface area (Å²) < 4.78 is 4.06. The highest BCUT2D eigenvalue weighted by Gasteiger charge is 2.27. The van der Waals surface area contributed by atoms with Crippen LogP contribution in [0.15, 0.2) is 61.2 Å². The molecular formula is C15H12O4. The first-order chi connectivity index (χ1) is 9.08. The summed E-state index contributed by atoms with van der Waals surface area (Å²) >= 11 is 0. The molecule has 0 amide bonds. The lowest BCUT2D eigenvalue weighted by Crippen LogP contribution is -2.07. The Hall–Kier alpha value is -2.75. The van der Waals surface area contributed by atoms with E-state index in [2.05, 4.69) is 17.9 Å². The molecule has 0 saturated carbocycles. The number of ether oxygens (including phenoxy) is 1. The van der Waals surface area contributed by atoms with E-state index in [1.165, 1.54) is 5.56 Å². The Morgan fingerprint density at radius 1 is 1.11 bits per heavy atom. The van der Waals surface area contributed by atoms with Crippen molar-refractivity contribution in [3.8, 4) is 0 Å². The maximum absolute atomic E-state index is 10.7. The van der Waals surface area contributed by atoms with Crippen LogP contribution in [0.3, 0.4) is 0 Å². The van der Waals surface area contributed by atoms with Crippen LogP contribution in [0.1, 0.15) is 5.56 Å². The number of benzene rings is 1. The van der Waals surface area contributed by atoms with Crippen molar-refractivity contribution < 1.29 is 19.1 Å². The summed E-state index contributed by atoms with van der Waals surface area (Å²) in [5.74, 6) is -2.30. The van der Waals surface area contributed by atoms with Gasteiger partial charge in [-0.3, -0.25) is 4.79 Å². The van der Waals surface area contributed by atoms with Crippen molar-refractivity contribution in [3.05, 3.63) is 66.8 Å². The molecule has 1 heterocycles. The van der Waals surface area contributed by atoms with Crippen LogP contribution >= 0.6 is 0 Å². The lowest BCUT2D eigenvalue weighted by atomic mass is 10.2. The van der Waals surface area contributed by atoms with Gasteiger partial charge in [0, 0.05) is 6.08 Å². The molecule has 0 unspecified atom stereocenters. The summed E-state index contributed by atoms with van der Waals surface area (Å²) in [4.78, 5) is 31.7. The predicted molar refractivity (Wildman–Crippen MR) is 70.9 cm³/mol. The number of allylic oxidation sites excluding steroid dienone is 1. The van der Waals surface area contributed by atoms with Gasteiger partial charge in [0.15, 0.2) is 5.78 Å². The predicted octanol–water partition coefficient (Wildman–Crippen LogP) is 2.08. The van der Waals surface area contributed by atoms with Gasteiger partial charge >= 0.3 is 11.9 Å². The first-order valence-corrected chi connectivity index (χ1v) is 5.40. The fourth-order valence-electron chi connectivity index (χ4n) is 1.22. The number of rotatable bonds is 3. The first kappa shape index (κ1) is 14.3. The van der Waals surface area contributed by atoms with Gasteiger partial charge in [-0.2, -0.15) is 0 Å². The molecule has 96 valence electrons. The SMILES string of the molecule is C=CC(=O)C1=CC(=O)OC1=O.C=Cc1ccccc1. The van der Waals surface area contributed by atoms with Crippen molar-refractivity contribution in [2.45, 2.75) is 0 Å². The van der Waals surface area contributed by atoms with Gasteiger partial charge in [0.2, 0.25) is 0 Å². The topological polar surface area (TPSA) is 60.4 Å². The Labute approximate surface area is 110 Å². The molecule has 0 radical (unpaired) electrons. The summed E-state index contributed by atoms with van der Waals surface area (Å²) in [6, 6.07) is 10.0. The number of cyclic esters (lactones) is 2. The van der Waals surface area contributed by atoms with Crippen molar-refractivity contribution in [3.63, 3.8) is 0 Å². The molecule has 0 atom stereocenters. The van der Waals surface area contributed by atoms with Gasteiger partial charge in [0.1, 0.15) is 5.57 Å². The molecule has 1 aliphatic heterocycles. The van der Waals surface area contributed by atoms with Crippen molar-refractivity contribution in [1.82, 2.24) is 0 Å². The molecule has 0 saturated heterocycles. The zero-order chi connectivity index (χ0) is 14.3. The standard InChI is InChI=1S/C8H8.C7H4O4/c1-2-8-6-4-3-5-7-8;1-2-5(8)4-3-6(9)11-7(4)10/h2-7H,1H2;2-3H,1H2. The van der Waals surface area contributed by atoms with Gasteiger partial charge in [-0.05, 0) is 11.6 Å². The molecule has 2 rings (SSSR count). The third-order valence-electron chi connectivity index (χ3n) is 2.16. The van der Waals surface area contributed by atoms with E-state index in [0.717, 1.165) is 12.2 Å². The van der Waals surface area contributed by atoms with Crippen LogP contribution in [-0.2, 0) is 19.1 Å². The summed E-state index contributed by atoms with van der Waals surface area (Å²) in [5, 5.41) is 0. The maximum Gasteiger partial charge on any atom is 0.350 e. The largest absolute Gasteiger partial charge is 0.386 e. The molecule has 0 fully saturated rings. The van der Waals surface area contributed by atoms with E-state index >= 15 is 0 Å². The number of carbonyl (C=O) groups excluding carboxylic acids is 3. The monoisotopic (exact) mass is 256 g/mol. The molecule has 0 aliphatic carbocycles. The minimum absolute atomic E-state index is 0.259. The Morgan fingerprint density at radius 2 is 1.74 bits per heavy atom. The molecule has 1 aromatic rings. The fraction of sp³-hybridized carbons (Fsp3) is 0. The van der Waals surface area contributed by atoms with E-state index in [4.69, 9.17) is 0 Å². The molecule has 0 spiro atoms. The van der Waals surface area contributed by atoms with Gasteiger partial charge < -0.3 is 4.74 Å². The second-order valence-electron chi connectivity index (χ2n) is 3.45. The molecule has 0 bridgehead atoms. The molecular weight excluding hydrogens is 244 g/mol. The molecule has 0 N–H and O–H groups in total. The van der Waals surface area contributed by atoms with E-state index in [-0.39, 0.29) is 5.57 Å². The van der Waals surface area contributed by atoms with E-state index in [0.29, 0.717) is 0 Å². The van der Waals surface area contributed by atoms with E-state index < -0.39 is 17.7 Å². The first-order valence-electron chi connectivity index (χ1n) is 5.40. The third-order valence-corrected chi connectivity index (χ3v) is 2.16. The Kier molecular flexibility index (Phi) is 5.17. The number of ketones is 1. The Balaban J connectivity index is 0.000000200. The lowest BCUT2D eigenvalue weighted by Gasteiger charge is -1.88. The average molecular weight is 256 g/mol. The van der Waals surface area contributed by atoms with Crippen LogP contribution in [0.25, 0.3) is 6.08 Å². The quantitative estimate of drug-likeness (QED) is 0.359. The second kappa shape index (κ2) is 6.86. The minimum Gasteiger partial charge on any atom is -0.386 e. The minimum atomic E-state index is -0.903. The van der Waals surface area contributed by atoms with Gasteiger partial charge in [0.05, 0.1) is 0 Å². The third kappa shape index (κ3) is 4.20. The lowest BCUT2D eigenvalue weighted by molar-refractivity contribution is -0.150. The van der Waals surface area contributed by atoms with E-state index in [9.17, 15) is 14.4 Å². The molecule has 0 aromatic heterocycles. The Morgan fingerprint density at radius 3 is 2.11 bits per heavy atom. The van der Waals surface area contributed by atoms with Crippen LogP contribution in [0.5, 0.6) is 0 Å². The highest BCUT2D eigenvalue weighted by molar-refractivity contribution is 6.28. The normalized spacial score (nSPS) is 12.7. The fourth-order valence-corrected chi connectivity index (χ4v) is 1.22. The van der Waals surface area contributed by atoms with Crippen LogP contribution in [0.2, 0.25) is 0 Å². The molecule has 1 aliphatic rings. The summed E-state index contributed by atoms with van der Waals surface area (Å²) in [6.45, 7) is 6.79. The number of hydrogen-bond donors (Lipinski definition) is 0. The number of hydrogen-bond acceptors (Lipinski definition) is 4. The van der Waals surface area contributed by atoms with Gasteiger partial charge in [-0.1, -0.05) is 49.6 Å². The zero-order valence-corrected chi connectivity index (χ0v) is 10.2. The van der Waals surface area contributed by atoms with Crippen molar-refractivity contribution in [2.75, 3.05) is 0 Å². The number of carbonyl (C=O) groups is 3. The van der Waals surface area contributed by atoms with Crippen molar-refractivity contribution in [2.24, 2.45) is 0 Å². The Bertz CT molecular complexity index is 553. The summed E-state index contributed by atoms with van der Waals surface area (Å²) in [6.07, 6.45) is 3.64. The molecule has 19 heavy (non-hydrogen) atoms. The van der Waals surface area contributed by atoms with Crippen LogP contribution in [0, 0.1) is 0 Å². The van der Waals surface area contributed by atoms with Gasteiger partial charge in [-0.15, -0.1) is 0 Å². The summed E-state index contributed by atoms with van der Waals surface area (Å²) in [7, 11) is 0. The van der Waals surface area contributed by atoms with Crippen LogP contribution in [-0.4, -0.2) is 17.7 Å². The van der Waals surface area contributed by atoms with Crippen LogP contribution < -0.4 is 0 Å². The average Bonchev–Trinajstić information content (AvgIpc) is 2.78. The highest BCUT2D eigenvalue weighted by atomic mass is 16.6. The van der Waals surface area contributed by atoms with E-state index in [1.54, 1.807) is 0 Å². The van der Waals surface area contributed by atoms with Gasteiger partial charge in [-0.25, -0.2) is 9.59 Å². The second-order valence-corrected chi connectivity index (χ2v) is 3.45. The van der Waals surface area contributed by atoms with Crippen molar-refractivity contribution in [1.29, 1.82) is 0 Å². The molecule has 4 heteroatoms. The van der Waals surface area contributed by atoms with Gasteiger partial charge in [0.25, 0.3) is 0 Å². The van der Waals surface area contributed by atoms with Crippen molar-refractivity contribution >= 4 is 23.8 Å². The number of esters is 2. The summed E-state index contributed by atoms with van der Waals surface area (Å²) in [5.41, 5.74) is 0.914. The van der Waals surface area contributed by atoms with E-state index in [1.807, 2.05) is 36.4 Å².